The predicted octanol–water partition coefficient (Wildman–Crippen LogP) is -6.91. The fourth-order valence-electron chi connectivity index (χ4n) is 9.16. The topological polar surface area (TPSA) is 336 Å². The smallest absolute Gasteiger partial charge is 0.410 e. The van der Waals surface area contributed by atoms with E-state index in [0.29, 0.717) is 65.8 Å². The first-order chi connectivity index (χ1) is 39.8. The van der Waals surface area contributed by atoms with Crippen molar-refractivity contribution < 1.29 is 68.1 Å². The SMILES string of the molecule is C(COCCN1CCNCC1)NCCN1CCNCC1.C1CNCCN1.O=C([O-])N(CCO)CCOCCN1CCNCC1.O=C1OCCN1CCOCCN1CCNCC1.O=C1OCCN1CCOCCN1CCNCC1.O=C=O.[OH-]. The van der Waals surface area contributed by atoms with Gasteiger partial charge in [0.25, 0.3) is 0 Å². The molecule has 8 rings (SSSR count). The molecule has 0 atom stereocenters. The van der Waals surface area contributed by atoms with Crippen LogP contribution in [0, 0.1) is 0 Å². The number of hydrogen-bond donors (Lipinski definition) is 9. The van der Waals surface area contributed by atoms with Crippen molar-refractivity contribution in [1.82, 2.24) is 81.7 Å². The highest BCUT2D eigenvalue weighted by Gasteiger charge is 2.22. The number of ether oxygens (including phenoxy) is 6. The number of rotatable bonds is 29. The first-order valence-electron chi connectivity index (χ1n) is 29.8. The summed E-state index contributed by atoms with van der Waals surface area (Å²) in [6.07, 6.45) is -1.44. The molecule has 10 N–H and O–H groups in total. The monoisotopic (exact) mass is 1180 g/mol. The summed E-state index contributed by atoms with van der Waals surface area (Å²) in [5.74, 6) is 0. The first-order valence-corrected chi connectivity index (χ1v) is 29.8. The van der Waals surface area contributed by atoms with Crippen molar-refractivity contribution in [3.8, 4) is 0 Å². The van der Waals surface area contributed by atoms with E-state index in [1.54, 1.807) is 9.80 Å². The van der Waals surface area contributed by atoms with Gasteiger partial charge in [-0.3, -0.25) is 24.5 Å². The molecule has 82 heavy (non-hydrogen) atoms. The highest BCUT2D eigenvalue weighted by Crippen LogP contribution is 2.04. The van der Waals surface area contributed by atoms with Crippen molar-refractivity contribution in [2.75, 3.05) is 315 Å². The number of carboxylic acid groups (broad SMARTS) is 1. The molecule has 30 nitrogen and oxygen atoms in total. The highest BCUT2D eigenvalue weighted by atomic mass is 16.6. The van der Waals surface area contributed by atoms with Crippen LogP contribution in [0.5, 0.6) is 0 Å². The third-order valence-corrected chi connectivity index (χ3v) is 14.1. The lowest BCUT2D eigenvalue weighted by Gasteiger charge is -2.27. The van der Waals surface area contributed by atoms with Crippen molar-refractivity contribution in [3.63, 3.8) is 0 Å². The molecule has 0 unspecified atom stereocenters. The molecule has 0 saturated carbocycles. The van der Waals surface area contributed by atoms with Gasteiger partial charge in [0, 0.05) is 229 Å². The molecular weight excluding hydrogens is 1070 g/mol. The van der Waals surface area contributed by atoms with Gasteiger partial charge in [0.15, 0.2) is 0 Å². The van der Waals surface area contributed by atoms with E-state index in [9.17, 15) is 19.5 Å². The zero-order chi connectivity index (χ0) is 57.9. The Morgan fingerprint density at radius 2 is 0.768 bits per heavy atom. The van der Waals surface area contributed by atoms with E-state index < -0.39 is 6.09 Å². The summed E-state index contributed by atoms with van der Waals surface area (Å²) in [6, 6.07) is 0. The van der Waals surface area contributed by atoms with Crippen LogP contribution in [0.2, 0.25) is 0 Å². The van der Waals surface area contributed by atoms with Gasteiger partial charge in [-0.2, -0.15) is 9.59 Å². The van der Waals surface area contributed by atoms with Crippen LogP contribution in [0.15, 0.2) is 0 Å². The Hall–Kier alpha value is -3.57. The Bertz CT molecular complexity index is 1460. The molecule has 0 aromatic rings. The Morgan fingerprint density at radius 3 is 1.07 bits per heavy atom. The maximum atomic E-state index is 11.1. The molecule has 30 heteroatoms. The van der Waals surface area contributed by atoms with E-state index >= 15 is 0 Å². The van der Waals surface area contributed by atoms with Gasteiger partial charge in [-0.25, -0.2) is 9.59 Å². The van der Waals surface area contributed by atoms with E-state index in [-0.39, 0.29) is 43.5 Å². The lowest BCUT2D eigenvalue weighted by atomic mass is 10.3. The van der Waals surface area contributed by atoms with Gasteiger partial charge in [-0.15, -0.1) is 0 Å². The summed E-state index contributed by atoms with van der Waals surface area (Å²) in [5, 5.41) is 45.9. The summed E-state index contributed by atoms with van der Waals surface area (Å²) in [6.45, 7) is 42.7. The van der Waals surface area contributed by atoms with Crippen LogP contribution in [0.4, 0.5) is 14.4 Å². The van der Waals surface area contributed by atoms with Gasteiger partial charge in [0.2, 0.25) is 0 Å². The largest absolute Gasteiger partial charge is 0.870 e. The molecule has 0 radical (unpaired) electrons. The van der Waals surface area contributed by atoms with Crippen LogP contribution >= 0.6 is 0 Å². The van der Waals surface area contributed by atoms with Crippen LogP contribution in [-0.4, -0.2) is 389 Å². The lowest BCUT2D eigenvalue weighted by Crippen LogP contribution is -2.46. The van der Waals surface area contributed by atoms with E-state index in [1.165, 1.54) is 13.1 Å². The number of amides is 3. The zero-order valence-corrected chi connectivity index (χ0v) is 49.3. The minimum atomic E-state index is -1.27. The standard InChI is InChI=1S/C14H31N5O.C11H23N3O4.2C11H21N3O3.C4H10N2.CO2.H2O/c1-7-18(8-2-15-1)9-5-17-6-13-20-14-12-19-10-3-16-4-11-19;15-8-5-14(11(16)17)7-10-18-9-6-13-3-1-12-2-4-13;2*15-11-14(7-10-17-11)6-9-16-8-5-13-3-1-12-2-4-13;1-2-6-4-3-5-1;2-1-3;/h15-17H,1-14H2;12,15H,1-10H2,(H,16,17);2*12H,1-10H2;5-6H,1-4H2;;1H2/p-2. The number of carbonyl (C=O) groups excluding carboxylic acids is 5. The minimum absolute atomic E-state index is 0. The van der Waals surface area contributed by atoms with Gasteiger partial charge in [0.1, 0.15) is 19.3 Å². The Kier molecular flexibility index (Phi) is 48.1. The van der Waals surface area contributed by atoms with Crippen LogP contribution in [-0.2, 0) is 38.0 Å². The summed E-state index contributed by atoms with van der Waals surface area (Å²) < 4.78 is 31.8. The number of hydrogen-bond acceptors (Lipinski definition) is 27. The van der Waals surface area contributed by atoms with E-state index in [2.05, 4.69) is 67.0 Å². The number of carbonyl (C=O) groups is 3. The molecule has 8 aliphatic heterocycles. The summed E-state index contributed by atoms with van der Waals surface area (Å²) in [7, 11) is 0. The average Bonchev–Trinajstić information content (AvgIpc) is 4.14. The van der Waals surface area contributed by atoms with Crippen LogP contribution in [0.3, 0.4) is 0 Å². The van der Waals surface area contributed by atoms with Crippen LogP contribution < -0.4 is 47.6 Å². The van der Waals surface area contributed by atoms with Gasteiger partial charge < -0.3 is 106 Å². The number of piperazine rings is 6. The lowest BCUT2D eigenvalue weighted by molar-refractivity contribution is -0.266. The fourth-order valence-corrected chi connectivity index (χ4v) is 9.16. The first kappa shape index (κ1) is 74.5. The van der Waals surface area contributed by atoms with Crippen molar-refractivity contribution in [2.45, 2.75) is 0 Å². The molecule has 0 aromatic carbocycles. The fraction of sp³-hybridized carbons (Fsp3) is 0.923. The van der Waals surface area contributed by atoms with Gasteiger partial charge in [-0.05, 0) is 0 Å². The van der Waals surface area contributed by atoms with Gasteiger partial charge in [-0.1, -0.05) is 0 Å². The average molecular weight is 1180 g/mol. The molecule has 0 spiro atoms. The van der Waals surface area contributed by atoms with E-state index in [4.69, 9.17) is 43.1 Å². The third kappa shape index (κ3) is 39.9. The third-order valence-electron chi connectivity index (χ3n) is 14.1. The summed E-state index contributed by atoms with van der Waals surface area (Å²) >= 11 is 0. The van der Waals surface area contributed by atoms with Gasteiger partial charge >= 0.3 is 18.3 Å². The van der Waals surface area contributed by atoms with Crippen molar-refractivity contribution >= 4 is 24.4 Å². The Morgan fingerprint density at radius 1 is 0.463 bits per heavy atom. The number of aliphatic hydroxyl groups is 1. The summed E-state index contributed by atoms with van der Waals surface area (Å²) in [5.41, 5.74) is 0. The molecule has 0 aromatic heterocycles. The second-order valence-electron chi connectivity index (χ2n) is 19.9. The molecule has 8 fully saturated rings. The van der Waals surface area contributed by atoms with Crippen molar-refractivity contribution in [2.24, 2.45) is 0 Å². The molecule has 0 aliphatic carbocycles. The van der Waals surface area contributed by atoms with Crippen molar-refractivity contribution in [3.05, 3.63) is 0 Å². The molecule has 8 heterocycles. The zero-order valence-electron chi connectivity index (χ0n) is 49.3. The van der Waals surface area contributed by atoms with Crippen molar-refractivity contribution in [1.29, 1.82) is 0 Å². The molecular formula is C52H106N16O14-2. The normalized spacial score (nSPS) is 20.0. The second kappa shape index (κ2) is 52.9. The number of nitrogens with zero attached hydrogens (tertiary/aromatic N) is 8. The quantitative estimate of drug-likeness (QED) is 0.0314. The van der Waals surface area contributed by atoms with Crippen LogP contribution in [0.1, 0.15) is 0 Å². The predicted molar refractivity (Wildman–Crippen MR) is 305 cm³/mol. The molecule has 3 amide bonds. The Balaban J connectivity index is 0.000000354. The molecule has 480 valence electrons. The maximum Gasteiger partial charge on any atom is 0.410 e. The highest BCUT2D eigenvalue weighted by molar-refractivity contribution is 5.69. The van der Waals surface area contributed by atoms with E-state index in [1.807, 2.05) is 0 Å². The number of aliphatic hydroxyl groups excluding tert-OH is 1. The molecule has 8 saturated heterocycles. The van der Waals surface area contributed by atoms with Crippen LogP contribution in [0.25, 0.3) is 0 Å². The number of cyclic esters (lactones) is 2. The maximum absolute atomic E-state index is 11.1. The number of nitrogens with one attached hydrogen (secondary N) is 8. The Labute approximate surface area is 487 Å². The molecule has 8 aliphatic rings. The summed E-state index contributed by atoms with van der Waals surface area (Å²) in [4.78, 5) is 65.6. The minimum Gasteiger partial charge on any atom is -0.870 e. The van der Waals surface area contributed by atoms with E-state index in [0.717, 1.165) is 221 Å². The van der Waals surface area contributed by atoms with Gasteiger partial charge in [0.05, 0.1) is 72.6 Å². The molecule has 0 bridgehead atoms. The second-order valence-corrected chi connectivity index (χ2v) is 19.9.